The first-order valence-corrected chi connectivity index (χ1v) is 10.3. The van der Waals surface area contributed by atoms with Gasteiger partial charge in [0.1, 0.15) is 5.78 Å². The summed E-state index contributed by atoms with van der Waals surface area (Å²) in [5.41, 5.74) is -1.32. The van der Waals surface area contributed by atoms with Crippen molar-refractivity contribution in [3.05, 3.63) is 0 Å². The van der Waals surface area contributed by atoms with Gasteiger partial charge < -0.3 is 9.47 Å². The first kappa shape index (κ1) is 20.8. The number of hydrogen-bond donors (Lipinski definition) is 1. The second kappa shape index (κ2) is 8.01. The van der Waals surface area contributed by atoms with E-state index in [1.165, 1.54) is 0 Å². The number of carbonyl (C=O) groups is 3. The molecule has 3 atom stereocenters. The van der Waals surface area contributed by atoms with E-state index in [0.717, 1.165) is 0 Å². The van der Waals surface area contributed by atoms with Crippen LogP contribution in [0.3, 0.4) is 0 Å². The van der Waals surface area contributed by atoms with Crippen LogP contribution in [0.5, 0.6) is 0 Å². The fourth-order valence-corrected chi connectivity index (χ4v) is 5.25. The Kier molecular flexibility index (Phi) is 6.41. The summed E-state index contributed by atoms with van der Waals surface area (Å²) in [6, 6.07) is -0.481. The lowest BCUT2D eigenvalue weighted by Gasteiger charge is -2.55. The Bertz CT molecular complexity index is 676. The molecular weight excluding hydrogens is 366 g/mol. The fourth-order valence-electron chi connectivity index (χ4n) is 4.19. The minimum absolute atomic E-state index is 0.0211. The largest absolute Gasteiger partial charge is 0.466 e. The molecule has 0 spiro atoms. The Labute approximate surface area is 152 Å². The van der Waals surface area contributed by atoms with Crippen LogP contribution in [0.15, 0.2) is 0 Å². The van der Waals surface area contributed by atoms with Crippen molar-refractivity contribution in [3.8, 4) is 0 Å². The minimum atomic E-state index is -4.45. The number of nitrogens with zero attached hydrogens (tertiary/aromatic N) is 1. The van der Waals surface area contributed by atoms with E-state index in [4.69, 9.17) is 9.47 Å². The second-order valence-corrected chi connectivity index (χ2v) is 8.30. The Morgan fingerprint density at radius 2 is 1.92 bits per heavy atom. The van der Waals surface area contributed by atoms with Crippen LogP contribution in [-0.4, -0.2) is 72.7 Å². The van der Waals surface area contributed by atoms with E-state index in [0.29, 0.717) is 0 Å². The lowest BCUT2D eigenvalue weighted by atomic mass is 9.70. The van der Waals surface area contributed by atoms with E-state index in [2.05, 4.69) is 0 Å². The molecule has 3 unspecified atom stereocenters. The molecule has 2 aliphatic rings. The van der Waals surface area contributed by atoms with Gasteiger partial charge in [-0.2, -0.15) is 8.42 Å². The summed E-state index contributed by atoms with van der Waals surface area (Å²) in [6.07, 6.45) is 0.269. The predicted molar refractivity (Wildman–Crippen MR) is 89.9 cm³/mol. The van der Waals surface area contributed by atoms with Crippen LogP contribution in [0.1, 0.15) is 39.5 Å². The maximum absolute atomic E-state index is 12.2. The van der Waals surface area contributed by atoms with Crippen LogP contribution in [0.2, 0.25) is 0 Å². The Morgan fingerprint density at radius 3 is 2.50 bits per heavy atom. The maximum Gasteiger partial charge on any atom is 0.320 e. The topological polar surface area (TPSA) is 127 Å². The van der Waals surface area contributed by atoms with Crippen LogP contribution in [0, 0.1) is 5.92 Å². The molecule has 2 heterocycles. The second-order valence-electron chi connectivity index (χ2n) is 6.85. The third kappa shape index (κ3) is 4.80. The third-order valence-corrected chi connectivity index (χ3v) is 5.80. The van der Waals surface area contributed by atoms with Crippen LogP contribution < -0.4 is 0 Å². The van der Waals surface area contributed by atoms with E-state index in [1.807, 2.05) is 0 Å². The molecule has 0 aliphatic carbocycles. The van der Waals surface area contributed by atoms with Crippen molar-refractivity contribution >= 4 is 27.8 Å². The fraction of sp³-hybridized carbons (Fsp3) is 0.812. The average molecular weight is 391 g/mol. The summed E-state index contributed by atoms with van der Waals surface area (Å²) < 4.78 is 42.8. The highest BCUT2D eigenvalue weighted by Crippen LogP contribution is 2.44. The van der Waals surface area contributed by atoms with E-state index in [1.54, 1.807) is 18.7 Å². The molecule has 148 valence electrons. The number of Topliss-reactive ketones (excluding diaryl/α,β-unsaturated/α-hetero) is 1. The van der Waals surface area contributed by atoms with Gasteiger partial charge in [0.15, 0.2) is 0 Å². The summed E-state index contributed by atoms with van der Waals surface area (Å²) in [7, 11) is -4.45. The molecule has 26 heavy (non-hydrogen) atoms. The van der Waals surface area contributed by atoms with Gasteiger partial charge in [-0.15, -0.1) is 0 Å². The van der Waals surface area contributed by atoms with Crippen LogP contribution in [0.25, 0.3) is 0 Å². The van der Waals surface area contributed by atoms with Gasteiger partial charge in [-0.05, 0) is 26.7 Å². The van der Waals surface area contributed by atoms with Crippen molar-refractivity contribution in [1.82, 2.24) is 4.90 Å². The highest BCUT2D eigenvalue weighted by atomic mass is 32.2. The molecule has 0 aromatic carbocycles. The third-order valence-electron chi connectivity index (χ3n) is 4.90. The number of piperidine rings is 2. The number of rotatable bonds is 7. The first-order valence-electron chi connectivity index (χ1n) is 8.66. The molecule has 10 heteroatoms. The number of fused-ring (bicyclic) bond motifs is 2. The van der Waals surface area contributed by atoms with Crippen molar-refractivity contribution in [1.29, 1.82) is 0 Å². The predicted octanol–water partition coefficient (Wildman–Crippen LogP) is 0.183. The molecule has 0 amide bonds. The van der Waals surface area contributed by atoms with Crippen LogP contribution >= 0.6 is 0 Å². The van der Waals surface area contributed by atoms with Gasteiger partial charge in [0.25, 0.3) is 10.1 Å². The first-order chi connectivity index (χ1) is 12.1. The molecule has 2 rings (SSSR count). The summed E-state index contributed by atoms with van der Waals surface area (Å²) in [5, 5.41) is 0. The number of esters is 2. The molecule has 1 N–H and O–H groups in total. The van der Waals surface area contributed by atoms with Crippen molar-refractivity contribution < 1.29 is 36.8 Å². The summed E-state index contributed by atoms with van der Waals surface area (Å²) in [6.45, 7) is 3.50. The highest BCUT2D eigenvalue weighted by molar-refractivity contribution is 7.85. The zero-order chi connectivity index (χ0) is 19.5. The molecule has 0 aromatic heterocycles. The van der Waals surface area contributed by atoms with Gasteiger partial charge in [-0.1, -0.05) is 0 Å². The number of carbonyl (C=O) groups excluding carboxylic acids is 3. The van der Waals surface area contributed by atoms with Gasteiger partial charge >= 0.3 is 11.9 Å². The molecule has 2 bridgehead atoms. The maximum atomic E-state index is 12.2. The number of ether oxygens (including phenoxy) is 2. The van der Waals surface area contributed by atoms with Gasteiger partial charge in [0.05, 0.1) is 31.4 Å². The van der Waals surface area contributed by atoms with E-state index in [9.17, 15) is 27.4 Å². The Morgan fingerprint density at radius 1 is 1.27 bits per heavy atom. The quantitative estimate of drug-likeness (QED) is 0.477. The SMILES string of the molecule is CCOC(=O)CN1C2CC(=O)CC1(CS(=O)(=O)O)CC(C(=O)OCC)C2. The van der Waals surface area contributed by atoms with Crippen LogP contribution in [0.4, 0.5) is 0 Å². The molecule has 9 nitrogen and oxygen atoms in total. The van der Waals surface area contributed by atoms with Gasteiger partial charge in [-0.3, -0.25) is 23.8 Å². The lowest BCUT2D eigenvalue weighted by molar-refractivity contribution is -0.163. The van der Waals surface area contributed by atoms with Crippen molar-refractivity contribution in [3.63, 3.8) is 0 Å². The summed E-state index contributed by atoms with van der Waals surface area (Å²) >= 11 is 0. The zero-order valence-corrected chi connectivity index (χ0v) is 15.8. The number of hydrogen-bond acceptors (Lipinski definition) is 8. The average Bonchev–Trinajstić information content (AvgIpc) is 2.47. The minimum Gasteiger partial charge on any atom is -0.466 e. The smallest absolute Gasteiger partial charge is 0.320 e. The van der Waals surface area contributed by atoms with Crippen LogP contribution in [-0.2, 0) is 34.0 Å². The molecular formula is C16H25NO8S. The molecule has 2 fully saturated rings. The van der Waals surface area contributed by atoms with Gasteiger partial charge in [0.2, 0.25) is 0 Å². The Hall–Kier alpha value is -1.52. The number of ketones is 1. The molecule has 2 aliphatic heterocycles. The summed E-state index contributed by atoms with van der Waals surface area (Å²) in [5.74, 6) is -2.46. The van der Waals surface area contributed by atoms with E-state index in [-0.39, 0.29) is 51.2 Å². The highest BCUT2D eigenvalue weighted by Gasteiger charge is 2.55. The molecule has 0 saturated carbocycles. The van der Waals surface area contributed by atoms with E-state index < -0.39 is 45.3 Å². The van der Waals surface area contributed by atoms with Crippen molar-refractivity contribution in [2.75, 3.05) is 25.5 Å². The van der Waals surface area contributed by atoms with E-state index >= 15 is 0 Å². The Balaban J connectivity index is 2.38. The van der Waals surface area contributed by atoms with Gasteiger partial charge in [0, 0.05) is 24.4 Å². The summed E-state index contributed by atoms with van der Waals surface area (Å²) in [4.78, 5) is 38.0. The zero-order valence-electron chi connectivity index (χ0n) is 15.0. The molecule has 0 aromatic rings. The van der Waals surface area contributed by atoms with Gasteiger partial charge in [-0.25, -0.2) is 0 Å². The monoisotopic (exact) mass is 391 g/mol. The van der Waals surface area contributed by atoms with Crippen molar-refractivity contribution in [2.24, 2.45) is 5.92 Å². The molecule has 2 saturated heterocycles. The standard InChI is InChI=1S/C16H25NO8S/c1-3-24-14(19)9-17-12-5-11(15(20)25-4-2)7-16(17,8-13(18)6-12)10-26(21,22)23/h11-12H,3-10H2,1-2H3,(H,21,22,23). The normalized spacial score (nSPS) is 29.3. The lowest BCUT2D eigenvalue weighted by Crippen LogP contribution is -2.67. The van der Waals surface area contributed by atoms with Crippen molar-refractivity contribution in [2.45, 2.75) is 51.1 Å². The molecule has 0 radical (unpaired) electrons.